The largest absolute Gasteiger partial charge is 0.381 e. The van der Waals surface area contributed by atoms with Gasteiger partial charge in [0, 0.05) is 13.5 Å². The number of rotatable bonds is 8. The summed E-state index contributed by atoms with van der Waals surface area (Å²) in [5.41, 5.74) is 0. The van der Waals surface area contributed by atoms with Gasteiger partial charge in [-0.05, 0) is 13.3 Å². The van der Waals surface area contributed by atoms with Gasteiger partial charge in [0.15, 0.2) is 0 Å². The Labute approximate surface area is 96.4 Å². The lowest BCUT2D eigenvalue weighted by Crippen LogP contribution is -2.14. The molecule has 0 aliphatic carbocycles. The van der Waals surface area contributed by atoms with E-state index in [1.165, 1.54) is 25.7 Å². The molecule has 0 aliphatic rings. The Balaban J connectivity index is -0.000000720. The van der Waals surface area contributed by atoms with Gasteiger partial charge in [-0.15, -0.1) is 0 Å². The molecule has 2 nitrogen and oxygen atoms in total. The maximum atomic E-state index is 10.8. The number of hydrogen-bond donors (Lipinski definition) is 0. The average Bonchev–Trinajstić information content (AvgIpc) is 2.09. The molecule has 0 aromatic heterocycles. The van der Waals surface area contributed by atoms with Crippen molar-refractivity contribution < 1.29 is 9.53 Å². The SMILES string of the molecule is C.C.CCCCCCC(CC(C)=O)OC. The Morgan fingerprint density at radius 2 is 1.80 bits per heavy atom. The summed E-state index contributed by atoms with van der Waals surface area (Å²) in [4.78, 5) is 10.8. The van der Waals surface area contributed by atoms with E-state index in [0.717, 1.165) is 6.42 Å². The second-order valence-electron chi connectivity index (χ2n) is 3.61. The summed E-state index contributed by atoms with van der Waals surface area (Å²) in [6.45, 7) is 3.82. The molecule has 0 fully saturated rings. The summed E-state index contributed by atoms with van der Waals surface area (Å²) < 4.78 is 5.22. The number of unbranched alkanes of at least 4 members (excludes halogenated alkanes) is 3. The van der Waals surface area contributed by atoms with Gasteiger partial charge < -0.3 is 4.74 Å². The van der Waals surface area contributed by atoms with Crippen molar-refractivity contribution in [3.8, 4) is 0 Å². The minimum Gasteiger partial charge on any atom is -0.381 e. The molecule has 1 unspecified atom stereocenters. The lowest BCUT2D eigenvalue weighted by Gasteiger charge is -2.12. The molecule has 0 aromatic rings. The van der Waals surface area contributed by atoms with Crippen LogP contribution in [-0.4, -0.2) is 19.0 Å². The fourth-order valence-electron chi connectivity index (χ4n) is 1.42. The van der Waals surface area contributed by atoms with Gasteiger partial charge in [0.05, 0.1) is 6.10 Å². The highest BCUT2D eigenvalue weighted by molar-refractivity contribution is 5.75. The fraction of sp³-hybridized carbons (Fsp3) is 0.923. The Kier molecular flexibility index (Phi) is 18.3. The van der Waals surface area contributed by atoms with Crippen molar-refractivity contribution in [2.75, 3.05) is 7.11 Å². The van der Waals surface area contributed by atoms with Crippen molar-refractivity contribution in [3.05, 3.63) is 0 Å². The zero-order chi connectivity index (χ0) is 10.1. The number of carbonyl (C=O) groups excluding carboxylic acids is 1. The quantitative estimate of drug-likeness (QED) is 0.570. The molecule has 0 rings (SSSR count). The van der Waals surface area contributed by atoms with E-state index >= 15 is 0 Å². The maximum Gasteiger partial charge on any atom is 0.132 e. The van der Waals surface area contributed by atoms with Gasteiger partial charge in [-0.3, -0.25) is 4.79 Å². The molecule has 0 saturated carbocycles. The summed E-state index contributed by atoms with van der Waals surface area (Å²) in [7, 11) is 1.69. The third-order valence-electron chi connectivity index (χ3n) is 2.23. The van der Waals surface area contributed by atoms with Gasteiger partial charge in [0.25, 0.3) is 0 Å². The molecule has 0 spiro atoms. The molecular formula is C13H30O2. The van der Waals surface area contributed by atoms with Gasteiger partial charge in [-0.1, -0.05) is 47.5 Å². The highest BCUT2D eigenvalue weighted by Gasteiger charge is 2.08. The summed E-state index contributed by atoms with van der Waals surface area (Å²) in [6, 6.07) is 0. The van der Waals surface area contributed by atoms with Gasteiger partial charge in [0.1, 0.15) is 5.78 Å². The first kappa shape index (κ1) is 20.1. The van der Waals surface area contributed by atoms with Gasteiger partial charge in [-0.2, -0.15) is 0 Å². The number of ether oxygens (including phenoxy) is 1. The predicted molar refractivity (Wildman–Crippen MR) is 68.3 cm³/mol. The van der Waals surface area contributed by atoms with Gasteiger partial charge in [0.2, 0.25) is 0 Å². The van der Waals surface area contributed by atoms with Crippen molar-refractivity contribution in [2.24, 2.45) is 0 Å². The first-order valence-corrected chi connectivity index (χ1v) is 5.23. The summed E-state index contributed by atoms with van der Waals surface area (Å²) in [6.07, 6.45) is 6.72. The highest BCUT2D eigenvalue weighted by atomic mass is 16.5. The average molecular weight is 218 g/mol. The van der Waals surface area contributed by atoms with E-state index in [0.29, 0.717) is 6.42 Å². The lowest BCUT2D eigenvalue weighted by molar-refractivity contribution is -0.119. The van der Waals surface area contributed by atoms with Crippen LogP contribution in [0.5, 0.6) is 0 Å². The van der Waals surface area contributed by atoms with Crippen LogP contribution in [0.15, 0.2) is 0 Å². The van der Waals surface area contributed by atoms with Gasteiger partial charge >= 0.3 is 0 Å². The topological polar surface area (TPSA) is 26.3 Å². The van der Waals surface area contributed by atoms with E-state index in [9.17, 15) is 4.79 Å². The lowest BCUT2D eigenvalue weighted by atomic mass is 10.1. The molecule has 0 amide bonds. The standard InChI is InChI=1S/C11H22O2.2CH4/c1-4-5-6-7-8-11(13-3)9-10(2)12;;/h11H,4-9H2,1-3H3;2*1H4. The van der Waals surface area contributed by atoms with Crippen LogP contribution in [0.2, 0.25) is 0 Å². The van der Waals surface area contributed by atoms with Crippen LogP contribution < -0.4 is 0 Å². The first-order valence-electron chi connectivity index (χ1n) is 5.23. The Bertz CT molecular complexity index is 132. The van der Waals surface area contributed by atoms with Crippen LogP contribution in [0.4, 0.5) is 0 Å². The molecule has 0 radical (unpaired) electrons. The minimum atomic E-state index is 0. The molecule has 15 heavy (non-hydrogen) atoms. The van der Waals surface area contributed by atoms with Crippen LogP contribution in [0.3, 0.4) is 0 Å². The molecule has 0 bridgehead atoms. The van der Waals surface area contributed by atoms with Crippen LogP contribution in [0, 0.1) is 0 Å². The van der Waals surface area contributed by atoms with Crippen LogP contribution in [0.1, 0.15) is 67.2 Å². The zero-order valence-electron chi connectivity index (χ0n) is 9.14. The third kappa shape index (κ3) is 13.6. The normalized spacial score (nSPS) is 11.1. The van der Waals surface area contributed by atoms with E-state index in [1.54, 1.807) is 14.0 Å². The summed E-state index contributed by atoms with van der Waals surface area (Å²) in [5, 5.41) is 0. The van der Waals surface area contributed by atoms with E-state index < -0.39 is 0 Å². The van der Waals surface area contributed by atoms with E-state index in [1.807, 2.05) is 0 Å². The smallest absolute Gasteiger partial charge is 0.132 e. The molecule has 0 heterocycles. The minimum absolute atomic E-state index is 0. The number of Topliss-reactive ketones (excluding diaryl/α,β-unsaturated/α-hetero) is 1. The molecular weight excluding hydrogens is 188 g/mol. The number of methoxy groups -OCH3 is 1. The molecule has 0 N–H and O–H groups in total. The number of carbonyl (C=O) groups is 1. The van der Waals surface area contributed by atoms with Crippen molar-refractivity contribution in [1.29, 1.82) is 0 Å². The zero-order valence-corrected chi connectivity index (χ0v) is 9.14. The molecule has 2 heteroatoms. The highest BCUT2D eigenvalue weighted by Crippen LogP contribution is 2.10. The summed E-state index contributed by atoms with van der Waals surface area (Å²) in [5.74, 6) is 0.224. The van der Waals surface area contributed by atoms with Crippen molar-refractivity contribution >= 4 is 5.78 Å². The summed E-state index contributed by atoms with van der Waals surface area (Å²) >= 11 is 0. The monoisotopic (exact) mass is 218 g/mol. The Hall–Kier alpha value is -0.370. The predicted octanol–water partition coefficient (Wildman–Crippen LogP) is 4.22. The Morgan fingerprint density at radius 3 is 2.20 bits per heavy atom. The number of hydrogen-bond acceptors (Lipinski definition) is 2. The molecule has 0 aliphatic heterocycles. The van der Waals surface area contributed by atoms with E-state index in [-0.39, 0.29) is 26.7 Å². The molecule has 0 aromatic carbocycles. The number of ketones is 1. The first-order chi connectivity index (χ1) is 6.20. The second kappa shape index (κ2) is 13.6. The van der Waals surface area contributed by atoms with E-state index in [2.05, 4.69) is 6.92 Å². The Morgan fingerprint density at radius 1 is 1.20 bits per heavy atom. The van der Waals surface area contributed by atoms with Crippen molar-refractivity contribution in [2.45, 2.75) is 73.3 Å². The third-order valence-corrected chi connectivity index (χ3v) is 2.23. The fourth-order valence-corrected chi connectivity index (χ4v) is 1.42. The second-order valence-corrected chi connectivity index (χ2v) is 3.61. The van der Waals surface area contributed by atoms with Crippen molar-refractivity contribution in [1.82, 2.24) is 0 Å². The van der Waals surface area contributed by atoms with Crippen LogP contribution >= 0.6 is 0 Å². The van der Waals surface area contributed by atoms with E-state index in [4.69, 9.17) is 4.74 Å². The van der Waals surface area contributed by atoms with Crippen molar-refractivity contribution in [3.63, 3.8) is 0 Å². The van der Waals surface area contributed by atoms with Gasteiger partial charge in [-0.25, -0.2) is 0 Å². The molecule has 94 valence electrons. The maximum absolute atomic E-state index is 10.8. The van der Waals surface area contributed by atoms with Crippen LogP contribution in [0.25, 0.3) is 0 Å². The van der Waals surface area contributed by atoms with Crippen LogP contribution in [-0.2, 0) is 9.53 Å². The molecule has 1 atom stereocenters. The molecule has 0 saturated heterocycles.